The molecule has 1 fully saturated rings. The molecule has 0 saturated carbocycles. The van der Waals surface area contributed by atoms with Gasteiger partial charge in [-0.05, 0) is 50.2 Å². The van der Waals surface area contributed by atoms with Crippen LogP contribution in [0.3, 0.4) is 0 Å². The first-order valence-electron chi connectivity index (χ1n) is 10.4. The summed E-state index contributed by atoms with van der Waals surface area (Å²) >= 11 is 0. The molecule has 3 aliphatic heterocycles. The van der Waals surface area contributed by atoms with E-state index in [1.807, 2.05) is 12.1 Å². The van der Waals surface area contributed by atoms with E-state index in [2.05, 4.69) is 34.3 Å². The molecule has 1 saturated heterocycles. The minimum Gasteiger partial charge on any atom is -0.493 e. The molecule has 0 N–H and O–H groups in total. The van der Waals surface area contributed by atoms with Crippen LogP contribution in [0, 0.1) is 0 Å². The van der Waals surface area contributed by atoms with Crippen LogP contribution in [-0.4, -0.2) is 42.4 Å². The molecule has 5 nitrogen and oxygen atoms in total. The highest BCUT2D eigenvalue weighted by Gasteiger charge is 2.30. The fourth-order valence-electron chi connectivity index (χ4n) is 4.96. The lowest BCUT2D eigenvalue weighted by Gasteiger charge is -2.32. The summed E-state index contributed by atoms with van der Waals surface area (Å²) in [5.74, 6) is 2.61. The second-order valence-electron chi connectivity index (χ2n) is 8.25. The molecule has 5 heteroatoms. The topological polar surface area (TPSA) is 47.7 Å². The Labute approximate surface area is 164 Å². The number of aromatic nitrogens is 1. The monoisotopic (exact) mass is 376 g/mol. The van der Waals surface area contributed by atoms with Crippen molar-refractivity contribution < 1.29 is 14.0 Å². The van der Waals surface area contributed by atoms with Gasteiger partial charge in [0, 0.05) is 41.8 Å². The molecule has 3 aliphatic rings. The van der Waals surface area contributed by atoms with Crippen LogP contribution in [0.5, 0.6) is 11.5 Å². The minimum absolute atomic E-state index is 0.252. The van der Waals surface area contributed by atoms with Gasteiger partial charge in [0.25, 0.3) is 0 Å². The van der Waals surface area contributed by atoms with Gasteiger partial charge in [0.05, 0.1) is 12.3 Å². The predicted octanol–water partition coefficient (Wildman–Crippen LogP) is 3.95. The molecule has 0 amide bonds. The van der Waals surface area contributed by atoms with E-state index in [0.29, 0.717) is 5.92 Å². The van der Waals surface area contributed by atoms with E-state index < -0.39 is 0 Å². The molecule has 0 bridgehead atoms. The van der Waals surface area contributed by atoms with E-state index >= 15 is 0 Å². The van der Waals surface area contributed by atoms with Crippen molar-refractivity contribution in [3.05, 3.63) is 53.2 Å². The maximum Gasteiger partial charge on any atom is 0.167 e. The SMILES string of the molecule is c1ccc2c(C3CCN(CC4Cc5cc6c(cc5O4)CCO6)CC3)noc2c1. The van der Waals surface area contributed by atoms with E-state index in [0.717, 1.165) is 74.7 Å². The Balaban J connectivity index is 1.09. The fourth-order valence-corrected chi connectivity index (χ4v) is 4.96. The summed E-state index contributed by atoms with van der Waals surface area (Å²) in [6, 6.07) is 12.6. The van der Waals surface area contributed by atoms with Crippen LogP contribution >= 0.6 is 0 Å². The Morgan fingerprint density at radius 2 is 1.89 bits per heavy atom. The molecule has 0 radical (unpaired) electrons. The Morgan fingerprint density at radius 3 is 2.82 bits per heavy atom. The highest BCUT2D eigenvalue weighted by atomic mass is 16.5. The van der Waals surface area contributed by atoms with Crippen LogP contribution in [0.15, 0.2) is 40.9 Å². The van der Waals surface area contributed by atoms with Crippen molar-refractivity contribution in [2.45, 2.75) is 37.7 Å². The molecule has 3 aromatic rings. The van der Waals surface area contributed by atoms with E-state index in [-0.39, 0.29) is 6.10 Å². The molecule has 1 aromatic heterocycles. The summed E-state index contributed by atoms with van der Waals surface area (Å²) in [6.45, 7) is 3.97. The molecule has 1 atom stereocenters. The quantitative estimate of drug-likeness (QED) is 0.693. The van der Waals surface area contributed by atoms with Gasteiger partial charge >= 0.3 is 0 Å². The van der Waals surface area contributed by atoms with Gasteiger partial charge in [0.2, 0.25) is 0 Å². The number of nitrogens with zero attached hydrogens (tertiary/aromatic N) is 2. The summed E-state index contributed by atoms with van der Waals surface area (Å²) in [5, 5.41) is 5.55. The molecule has 0 aliphatic carbocycles. The van der Waals surface area contributed by atoms with Gasteiger partial charge in [-0.2, -0.15) is 0 Å². The van der Waals surface area contributed by atoms with Crippen LogP contribution in [0.4, 0.5) is 0 Å². The zero-order chi connectivity index (χ0) is 18.5. The number of rotatable bonds is 3. The van der Waals surface area contributed by atoms with Gasteiger partial charge in [-0.25, -0.2) is 0 Å². The normalized spacial score (nSPS) is 22.1. The molecule has 28 heavy (non-hydrogen) atoms. The van der Waals surface area contributed by atoms with Crippen molar-refractivity contribution in [2.24, 2.45) is 0 Å². The lowest BCUT2D eigenvalue weighted by atomic mass is 9.91. The second-order valence-corrected chi connectivity index (χ2v) is 8.25. The zero-order valence-corrected chi connectivity index (χ0v) is 15.9. The zero-order valence-electron chi connectivity index (χ0n) is 15.9. The Hall–Kier alpha value is -2.53. The van der Waals surface area contributed by atoms with Crippen molar-refractivity contribution in [1.29, 1.82) is 0 Å². The molecule has 1 unspecified atom stereocenters. The first-order valence-corrected chi connectivity index (χ1v) is 10.4. The number of piperidine rings is 1. The maximum atomic E-state index is 6.27. The molecule has 2 aromatic carbocycles. The van der Waals surface area contributed by atoms with E-state index in [1.54, 1.807) is 0 Å². The minimum atomic E-state index is 0.252. The average molecular weight is 376 g/mol. The Kier molecular flexibility index (Phi) is 3.82. The molecular formula is C23H24N2O3. The number of hydrogen-bond donors (Lipinski definition) is 0. The lowest BCUT2D eigenvalue weighted by molar-refractivity contribution is 0.127. The Bertz CT molecular complexity index is 987. The average Bonchev–Trinajstić information content (AvgIpc) is 3.44. The van der Waals surface area contributed by atoms with Crippen molar-refractivity contribution in [1.82, 2.24) is 10.1 Å². The van der Waals surface area contributed by atoms with E-state index in [1.165, 1.54) is 16.5 Å². The molecule has 6 rings (SSSR count). The van der Waals surface area contributed by atoms with Gasteiger partial charge in [-0.1, -0.05) is 17.3 Å². The second kappa shape index (κ2) is 6.52. The predicted molar refractivity (Wildman–Crippen MR) is 106 cm³/mol. The largest absolute Gasteiger partial charge is 0.493 e. The van der Waals surface area contributed by atoms with Gasteiger partial charge in [0.1, 0.15) is 17.6 Å². The van der Waals surface area contributed by atoms with Crippen molar-refractivity contribution >= 4 is 11.0 Å². The van der Waals surface area contributed by atoms with Crippen molar-refractivity contribution in [3.8, 4) is 11.5 Å². The summed E-state index contributed by atoms with van der Waals surface area (Å²) in [7, 11) is 0. The lowest BCUT2D eigenvalue weighted by Crippen LogP contribution is -2.39. The number of para-hydroxylation sites is 1. The van der Waals surface area contributed by atoms with Crippen molar-refractivity contribution in [2.75, 3.05) is 26.2 Å². The van der Waals surface area contributed by atoms with Gasteiger partial charge in [-0.3, -0.25) is 4.90 Å². The summed E-state index contributed by atoms with van der Waals surface area (Å²) in [4.78, 5) is 2.54. The molecule has 4 heterocycles. The number of likely N-dealkylation sites (tertiary alicyclic amines) is 1. The summed E-state index contributed by atoms with van der Waals surface area (Å²) < 4.78 is 17.5. The third-order valence-electron chi connectivity index (χ3n) is 6.46. The van der Waals surface area contributed by atoms with Crippen LogP contribution < -0.4 is 9.47 Å². The molecule has 144 valence electrons. The van der Waals surface area contributed by atoms with Crippen LogP contribution in [0.1, 0.15) is 35.6 Å². The third kappa shape index (κ3) is 2.76. The number of ether oxygens (including phenoxy) is 2. The van der Waals surface area contributed by atoms with Gasteiger partial charge in [-0.15, -0.1) is 0 Å². The molecular weight excluding hydrogens is 352 g/mol. The van der Waals surface area contributed by atoms with Gasteiger partial charge < -0.3 is 14.0 Å². The highest BCUT2D eigenvalue weighted by molar-refractivity contribution is 5.79. The fraction of sp³-hybridized carbons (Fsp3) is 0.435. The summed E-state index contributed by atoms with van der Waals surface area (Å²) in [6.07, 6.45) is 4.49. The number of hydrogen-bond acceptors (Lipinski definition) is 5. The van der Waals surface area contributed by atoms with Crippen LogP contribution in [0.25, 0.3) is 11.0 Å². The molecule has 0 spiro atoms. The first kappa shape index (κ1) is 16.4. The summed E-state index contributed by atoms with van der Waals surface area (Å²) in [5.41, 5.74) is 4.62. The number of benzene rings is 2. The standard InChI is InChI=1S/C23H24N2O3/c1-2-4-20-19(3-1)23(24-28-20)15-5-8-25(9-6-15)14-18-11-17-13-21-16(7-10-26-21)12-22(17)27-18/h1-4,12-13,15,18H,5-11,14H2. The van der Waals surface area contributed by atoms with Crippen LogP contribution in [0.2, 0.25) is 0 Å². The van der Waals surface area contributed by atoms with E-state index in [4.69, 9.17) is 14.0 Å². The smallest absolute Gasteiger partial charge is 0.167 e. The third-order valence-corrected chi connectivity index (χ3v) is 6.46. The maximum absolute atomic E-state index is 6.27. The van der Waals surface area contributed by atoms with Gasteiger partial charge in [0.15, 0.2) is 5.58 Å². The number of fused-ring (bicyclic) bond motifs is 3. The van der Waals surface area contributed by atoms with Crippen molar-refractivity contribution in [3.63, 3.8) is 0 Å². The van der Waals surface area contributed by atoms with E-state index in [9.17, 15) is 0 Å². The van der Waals surface area contributed by atoms with Crippen LogP contribution in [-0.2, 0) is 12.8 Å². The Morgan fingerprint density at radius 1 is 1.04 bits per heavy atom. The first-order chi connectivity index (χ1) is 13.8. The highest BCUT2D eigenvalue weighted by Crippen LogP contribution is 2.38.